The van der Waals surface area contributed by atoms with E-state index in [2.05, 4.69) is 20.2 Å². The Morgan fingerprint density at radius 3 is 2.72 bits per heavy atom. The Kier molecular flexibility index (Phi) is 5.82. The zero-order valence-electron chi connectivity index (χ0n) is 14.5. The van der Waals surface area contributed by atoms with Gasteiger partial charge in [-0.1, -0.05) is 12.1 Å². The van der Waals surface area contributed by atoms with Gasteiger partial charge in [-0.15, -0.1) is 0 Å². The third-order valence-electron chi connectivity index (χ3n) is 4.54. The first-order valence-corrected chi connectivity index (χ1v) is 8.66. The van der Waals surface area contributed by atoms with Gasteiger partial charge in [0.15, 0.2) is 0 Å². The lowest BCUT2D eigenvalue weighted by molar-refractivity contribution is -0.120. The first-order valence-electron chi connectivity index (χ1n) is 8.66. The normalized spacial score (nSPS) is 15.0. The maximum absolute atomic E-state index is 12.2. The number of hydrogen-bond donors (Lipinski definition) is 1. The minimum atomic E-state index is 0.0575. The lowest BCUT2D eigenvalue weighted by atomic mass is 9.97. The fourth-order valence-electron chi connectivity index (χ4n) is 3.08. The lowest BCUT2D eigenvalue weighted by Crippen LogP contribution is -2.39. The van der Waals surface area contributed by atoms with Crippen LogP contribution >= 0.6 is 0 Å². The van der Waals surface area contributed by atoms with Gasteiger partial charge in [-0.25, -0.2) is 9.97 Å². The molecule has 1 N–H and O–H groups in total. The molecule has 1 amide bonds. The van der Waals surface area contributed by atoms with Gasteiger partial charge in [-0.3, -0.25) is 4.79 Å². The summed E-state index contributed by atoms with van der Waals surface area (Å²) < 4.78 is 5.19. The average Bonchev–Trinajstić information content (AvgIpc) is 2.67. The monoisotopic (exact) mass is 340 g/mol. The highest BCUT2D eigenvalue weighted by Crippen LogP contribution is 2.19. The molecule has 1 aliphatic heterocycles. The molecule has 25 heavy (non-hydrogen) atoms. The van der Waals surface area contributed by atoms with E-state index in [1.807, 2.05) is 30.3 Å². The molecule has 6 nitrogen and oxygen atoms in total. The third-order valence-corrected chi connectivity index (χ3v) is 4.54. The molecule has 1 aromatic carbocycles. The molecule has 1 aromatic heterocycles. The molecule has 0 radical (unpaired) electrons. The van der Waals surface area contributed by atoms with Gasteiger partial charge in [0.25, 0.3) is 0 Å². The smallest absolute Gasteiger partial charge is 0.225 e. The molecule has 1 saturated heterocycles. The number of anilines is 1. The van der Waals surface area contributed by atoms with E-state index in [1.54, 1.807) is 19.5 Å². The predicted octanol–water partition coefficient (Wildman–Crippen LogP) is 2.06. The second-order valence-corrected chi connectivity index (χ2v) is 6.31. The van der Waals surface area contributed by atoms with Crippen LogP contribution in [0, 0.1) is 5.92 Å². The van der Waals surface area contributed by atoms with Crippen LogP contribution in [0.15, 0.2) is 42.7 Å². The fraction of sp³-hybridized carbons (Fsp3) is 0.421. The number of aromatic nitrogens is 2. The summed E-state index contributed by atoms with van der Waals surface area (Å²) in [6.45, 7) is 2.59. The maximum Gasteiger partial charge on any atom is 0.225 e. The first kappa shape index (κ1) is 17.2. The van der Waals surface area contributed by atoms with Crippen molar-refractivity contribution in [2.75, 3.05) is 31.6 Å². The Morgan fingerprint density at radius 2 is 2.00 bits per heavy atom. The number of benzene rings is 1. The highest BCUT2D eigenvalue weighted by Gasteiger charge is 2.21. The van der Waals surface area contributed by atoms with Crippen molar-refractivity contribution in [2.45, 2.75) is 19.3 Å². The number of carbonyl (C=O) groups excluding carboxylic acids is 1. The fourth-order valence-corrected chi connectivity index (χ4v) is 3.08. The molecule has 0 spiro atoms. The topological polar surface area (TPSA) is 67.3 Å². The van der Waals surface area contributed by atoms with Gasteiger partial charge in [0.2, 0.25) is 11.9 Å². The predicted molar refractivity (Wildman–Crippen MR) is 96.7 cm³/mol. The standard InChI is InChI=1S/C19H24N4O2/c1-25-17-5-2-4-16(12-17)13-18(24)22-14-15-6-10-23(11-7-15)19-20-8-3-9-21-19/h2-5,8-9,12,15H,6-7,10-11,13-14H2,1H3,(H,22,24). The Hall–Kier alpha value is -2.63. The van der Waals surface area contributed by atoms with Crippen molar-refractivity contribution in [2.24, 2.45) is 5.92 Å². The summed E-state index contributed by atoms with van der Waals surface area (Å²) in [7, 11) is 1.63. The summed E-state index contributed by atoms with van der Waals surface area (Å²) in [6, 6.07) is 9.46. The summed E-state index contributed by atoms with van der Waals surface area (Å²) in [6.07, 6.45) is 6.00. The van der Waals surface area contributed by atoms with Gasteiger partial charge in [0.05, 0.1) is 13.5 Å². The number of carbonyl (C=O) groups is 1. The number of piperidine rings is 1. The van der Waals surface area contributed by atoms with E-state index in [-0.39, 0.29) is 5.91 Å². The van der Waals surface area contributed by atoms with E-state index in [1.165, 1.54) is 0 Å². The van der Waals surface area contributed by atoms with Crippen LogP contribution in [-0.2, 0) is 11.2 Å². The van der Waals surface area contributed by atoms with Gasteiger partial charge < -0.3 is 15.0 Å². The molecule has 0 bridgehead atoms. The molecular formula is C19H24N4O2. The lowest BCUT2D eigenvalue weighted by Gasteiger charge is -2.31. The van der Waals surface area contributed by atoms with Gasteiger partial charge in [0.1, 0.15) is 5.75 Å². The molecule has 2 aromatic rings. The van der Waals surface area contributed by atoms with E-state index < -0.39 is 0 Å². The highest BCUT2D eigenvalue weighted by molar-refractivity contribution is 5.78. The number of amides is 1. The van der Waals surface area contributed by atoms with Crippen LogP contribution in [0.5, 0.6) is 5.75 Å². The van der Waals surface area contributed by atoms with Crippen LogP contribution in [0.3, 0.4) is 0 Å². The van der Waals surface area contributed by atoms with E-state index in [0.29, 0.717) is 12.3 Å². The van der Waals surface area contributed by atoms with Crippen LogP contribution in [0.4, 0.5) is 5.95 Å². The van der Waals surface area contributed by atoms with E-state index in [4.69, 9.17) is 4.74 Å². The van der Waals surface area contributed by atoms with E-state index in [0.717, 1.165) is 49.7 Å². The second-order valence-electron chi connectivity index (χ2n) is 6.31. The quantitative estimate of drug-likeness (QED) is 0.872. The molecule has 1 fully saturated rings. The Balaban J connectivity index is 1.41. The van der Waals surface area contributed by atoms with Crippen molar-refractivity contribution >= 4 is 11.9 Å². The number of hydrogen-bond acceptors (Lipinski definition) is 5. The molecule has 0 saturated carbocycles. The highest BCUT2D eigenvalue weighted by atomic mass is 16.5. The molecule has 6 heteroatoms. The molecule has 3 rings (SSSR count). The van der Waals surface area contributed by atoms with E-state index >= 15 is 0 Å². The number of rotatable bonds is 6. The molecule has 132 valence electrons. The van der Waals surface area contributed by atoms with Gasteiger partial charge in [0, 0.05) is 32.0 Å². The van der Waals surface area contributed by atoms with Crippen LogP contribution < -0.4 is 15.0 Å². The van der Waals surface area contributed by atoms with Crippen molar-refractivity contribution in [1.82, 2.24) is 15.3 Å². The van der Waals surface area contributed by atoms with Crippen molar-refractivity contribution < 1.29 is 9.53 Å². The SMILES string of the molecule is COc1cccc(CC(=O)NCC2CCN(c3ncccn3)CC2)c1. The Labute approximate surface area is 148 Å². The van der Waals surface area contributed by atoms with Crippen molar-refractivity contribution in [3.8, 4) is 5.75 Å². The molecule has 0 aliphatic carbocycles. The summed E-state index contributed by atoms with van der Waals surface area (Å²) in [4.78, 5) is 23.0. The second kappa shape index (κ2) is 8.46. The number of methoxy groups -OCH3 is 1. The third kappa shape index (κ3) is 4.92. The van der Waals surface area contributed by atoms with Crippen molar-refractivity contribution in [3.63, 3.8) is 0 Å². The van der Waals surface area contributed by atoms with Crippen LogP contribution in [-0.4, -0.2) is 42.6 Å². The number of ether oxygens (including phenoxy) is 1. The largest absolute Gasteiger partial charge is 0.497 e. The Bertz CT molecular complexity index is 685. The Morgan fingerprint density at radius 1 is 1.24 bits per heavy atom. The van der Waals surface area contributed by atoms with Crippen molar-refractivity contribution in [1.29, 1.82) is 0 Å². The van der Waals surface area contributed by atoms with Crippen LogP contribution in [0.2, 0.25) is 0 Å². The first-order chi connectivity index (χ1) is 12.2. The summed E-state index contributed by atoms with van der Waals surface area (Å²) in [5.41, 5.74) is 0.966. The van der Waals surface area contributed by atoms with Crippen molar-refractivity contribution in [3.05, 3.63) is 48.3 Å². The molecular weight excluding hydrogens is 316 g/mol. The molecule has 2 heterocycles. The van der Waals surface area contributed by atoms with E-state index in [9.17, 15) is 4.79 Å². The number of nitrogens with zero attached hydrogens (tertiary/aromatic N) is 3. The number of nitrogens with one attached hydrogen (secondary N) is 1. The molecule has 0 unspecified atom stereocenters. The molecule has 1 aliphatic rings. The average molecular weight is 340 g/mol. The zero-order valence-corrected chi connectivity index (χ0v) is 14.5. The summed E-state index contributed by atoms with van der Waals surface area (Å²) in [5, 5.41) is 3.06. The summed E-state index contributed by atoms with van der Waals surface area (Å²) >= 11 is 0. The maximum atomic E-state index is 12.2. The zero-order chi connectivity index (χ0) is 17.5. The molecule has 0 atom stereocenters. The van der Waals surface area contributed by atoms with Gasteiger partial charge in [-0.2, -0.15) is 0 Å². The van der Waals surface area contributed by atoms with Crippen LogP contribution in [0.1, 0.15) is 18.4 Å². The minimum absolute atomic E-state index is 0.0575. The van der Waals surface area contributed by atoms with Gasteiger partial charge >= 0.3 is 0 Å². The van der Waals surface area contributed by atoms with Gasteiger partial charge in [-0.05, 0) is 42.5 Å². The van der Waals surface area contributed by atoms with Crippen LogP contribution in [0.25, 0.3) is 0 Å². The summed E-state index contributed by atoms with van der Waals surface area (Å²) in [5.74, 6) is 2.14. The minimum Gasteiger partial charge on any atom is -0.497 e.